The zero-order chi connectivity index (χ0) is 26.2. The highest BCUT2D eigenvalue weighted by molar-refractivity contribution is 6.30. The molecule has 186 valence electrons. The summed E-state index contributed by atoms with van der Waals surface area (Å²) < 4.78 is 0. The lowest BCUT2D eigenvalue weighted by molar-refractivity contribution is 1.26. The summed E-state index contributed by atoms with van der Waals surface area (Å²) >= 11 is 6.25. The molecule has 0 saturated carbocycles. The zero-order valence-electron chi connectivity index (χ0n) is 21.4. The normalized spacial score (nSPS) is 11.6. The van der Waals surface area contributed by atoms with Crippen molar-refractivity contribution in [3.63, 3.8) is 0 Å². The fourth-order valence-corrected chi connectivity index (χ4v) is 5.81. The average molecular weight is 520 g/mol. The van der Waals surface area contributed by atoms with E-state index in [2.05, 4.69) is 132 Å². The summed E-state index contributed by atoms with van der Waals surface area (Å²) in [5, 5.41) is 0.729. The molecule has 0 fully saturated rings. The van der Waals surface area contributed by atoms with Gasteiger partial charge in [0.05, 0.1) is 0 Å². The van der Waals surface area contributed by atoms with Crippen LogP contribution in [0.25, 0.3) is 33.4 Å². The molecule has 1 aliphatic carbocycles. The van der Waals surface area contributed by atoms with Crippen molar-refractivity contribution in [1.82, 2.24) is 0 Å². The van der Waals surface area contributed by atoms with Gasteiger partial charge in [-0.25, -0.2) is 0 Å². The van der Waals surface area contributed by atoms with Gasteiger partial charge < -0.3 is 4.90 Å². The van der Waals surface area contributed by atoms with E-state index in [1.165, 1.54) is 44.5 Å². The van der Waals surface area contributed by atoms with Crippen molar-refractivity contribution in [2.45, 2.75) is 6.42 Å². The number of fused-ring (bicyclic) bond motifs is 3. The van der Waals surface area contributed by atoms with E-state index in [0.29, 0.717) is 0 Å². The van der Waals surface area contributed by atoms with Gasteiger partial charge in [-0.1, -0.05) is 109 Å². The minimum absolute atomic E-state index is 0.729. The third-order valence-electron chi connectivity index (χ3n) is 7.60. The van der Waals surface area contributed by atoms with Gasteiger partial charge in [-0.2, -0.15) is 0 Å². The molecule has 0 radical (unpaired) electrons. The minimum Gasteiger partial charge on any atom is -0.311 e. The summed E-state index contributed by atoms with van der Waals surface area (Å²) in [4.78, 5) is 2.28. The van der Waals surface area contributed by atoms with Gasteiger partial charge in [-0.3, -0.25) is 0 Å². The second-order valence-electron chi connectivity index (χ2n) is 9.94. The molecule has 0 N–H and O–H groups in total. The molecular weight excluding hydrogens is 494 g/mol. The maximum absolute atomic E-state index is 6.25. The molecule has 0 bridgehead atoms. The number of benzene rings is 6. The SMILES string of the molecule is Clc1ccc(N(c2ccc(-c3ccccc3)cc2)c2ccc(-c3cccc4c3Cc3ccccc3-4)cc2)cc1. The Bertz CT molecular complexity index is 1750. The Balaban J connectivity index is 1.26. The maximum atomic E-state index is 6.25. The highest BCUT2D eigenvalue weighted by atomic mass is 35.5. The molecule has 0 aliphatic heterocycles. The first kappa shape index (κ1) is 23.5. The van der Waals surface area contributed by atoms with E-state index in [4.69, 9.17) is 11.6 Å². The Kier molecular flexibility index (Phi) is 6.00. The highest BCUT2D eigenvalue weighted by Gasteiger charge is 2.21. The first-order valence-electron chi connectivity index (χ1n) is 13.3. The van der Waals surface area contributed by atoms with Crippen LogP contribution in [0.1, 0.15) is 11.1 Å². The average Bonchev–Trinajstić information content (AvgIpc) is 3.39. The van der Waals surface area contributed by atoms with E-state index in [1.807, 2.05) is 18.2 Å². The second kappa shape index (κ2) is 9.94. The Morgan fingerprint density at radius 1 is 0.410 bits per heavy atom. The Hall–Kier alpha value is -4.59. The zero-order valence-corrected chi connectivity index (χ0v) is 22.1. The molecule has 0 aromatic heterocycles. The number of hydrogen-bond acceptors (Lipinski definition) is 1. The van der Waals surface area contributed by atoms with Gasteiger partial charge in [0, 0.05) is 22.1 Å². The van der Waals surface area contributed by atoms with Crippen LogP contribution >= 0.6 is 11.6 Å². The van der Waals surface area contributed by atoms with Crippen LogP contribution in [0, 0.1) is 0 Å². The van der Waals surface area contributed by atoms with Gasteiger partial charge in [0.2, 0.25) is 0 Å². The van der Waals surface area contributed by atoms with Gasteiger partial charge in [0.1, 0.15) is 0 Å². The third kappa shape index (κ3) is 4.41. The standard InChI is InChI=1S/C37H26ClN/c38-30-17-23-33(24-18-30)39(31-19-13-27(14-20-31)26-7-2-1-3-8-26)32-21-15-28(16-22-32)34-11-6-12-36-35-10-5-4-9-29(35)25-37(34)36/h1-24H,25H2. The largest absolute Gasteiger partial charge is 0.311 e. The van der Waals surface area contributed by atoms with E-state index in [1.54, 1.807) is 0 Å². The summed E-state index contributed by atoms with van der Waals surface area (Å²) in [6, 6.07) is 51.6. The second-order valence-corrected chi connectivity index (χ2v) is 10.4. The quantitative estimate of drug-likeness (QED) is 0.218. The number of nitrogens with zero attached hydrogens (tertiary/aromatic N) is 1. The monoisotopic (exact) mass is 519 g/mol. The number of anilines is 3. The maximum Gasteiger partial charge on any atom is 0.0462 e. The molecule has 6 aromatic carbocycles. The van der Waals surface area contributed by atoms with Gasteiger partial charge in [-0.05, 0) is 99.5 Å². The summed E-state index contributed by atoms with van der Waals surface area (Å²) in [5.41, 5.74) is 13.8. The van der Waals surface area contributed by atoms with Crippen molar-refractivity contribution < 1.29 is 0 Å². The molecule has 1 nitrogen and oxygen atoms in total. The topological polar surface area (TPSA) is 3.24 Å². The summed E-state index contributed by atoms with van der Waals surface area (Å²) in [5.74, 6) is 0. The number of halogens is 1. The fraction of sp³-hybridized carbons (Fsp3) is 0.0270. The molecule has 6 aromatic rings. The van der Waals surface area contributed by atoms with Crippen LogP contribution in [0.4, 0.5) is 17.1 Å². The predicted molar refractivity (Wildman–Crippen MR) is 165 cm³/mol. The molecule has 0 spiro atoms. The molecule has 7 rings (SSSR count). The summed E-state index contributed by atoms with van der Waals surface area (Å²) in [6.07, 6.45) is 0.980. The van der Waals surface area contributed by atoms with Gasteiger partial charge in [-0.15, -0.1) is 0 Å². The Morgan fingerprint density at radius 3 is 1.62 bits per heavy atom. The van der Waals surface area contributed by atoms with E-state index in [-0.39, 0.29) is 0 Å². The molecule has 0 saturated heterocycles. The van der Waals surface area contributed by atoms with Crippen LogP contribution in [0.2, 0.25) is 5.02 Å². The van der Waals surface area contributed by atoms with Crippen LogP contribution in [-0.2, 0) is 6.42 Å². The van der Waals surface area contributed by atoms with Gasteiger partial charge in [0.15, 0.2) is 0 Å². The predicted octanol–water partition coefficient (Wildman–Crippen LogP) is 10.7. The Labute approximate surface area is 234 Å². The number of rotatable bonds is 5. The van der Waals surface area contributed by atoms with Crippen LogP contribution in [0.3, 0.4) is 0 Å². The van der Waals surface area contributed by atoms with Crippen molar-refractivity contribution in [2.75, 3.05) is 4.90 Å². The summed E-state index contributed by atoms with van der Waals surface area (Å²) in [6.45, 7) is 0. The lowest BCUT2D eigenvalue weighted by atomic mass is 9.95. The number of hydrogen-bond donors (Lipinski definition) is 0. The van der Waals surface area contributed by atoms with Crippen LogP contribution < -0.4 is 4.90 Å². The first-order valence-corrected chi connectivity index (χ1v) is 13.6. The van der Waals surface area contributed by atoms with Crippen LogP contribution in [-0.4, -0.2) is 0 Å². The van der Waals surface area contributed by atoms with Crippen molar-refractivity contribution in [3.8, 4) is 33.4 Å². The van der Waals surface area contributed by atoms with Crippen LogP contribution in [0.15, 0.2) is 146 Å². The Morgan fingerprint density at radius 2 is 0.923 bits per heavy atom. The molecule has 0 heterocycles. The minimum atomic E-state index is 0.729. The van der Waals surface area contributed by atoms with E-state index < -0.39 is 0 Å². The molecule has 0 unspecified atom stereocenters. The molecule has 1 aliphatic rings. The van der Waals surface area contributed by atoms with Crippen molar-refractivity contribution in [3.05, 3.63) is 162 Å². The van der Waals surface area contributed by atoms with Crippen LogP contribution in [0.5, 0.6) is 0 Å². The van der Waals surface area contributed by atoms with E-state index >= 15 is 0 Å². The molecule has 39 heavy (non-hydrogen) atoms. The van der Waals surface area contributed by atoms with E-state index in [9.17, 15) is 0 Å². The molecule has 0 amide bonds. The molecule has 2 heteroatoms. The lowest BCUT2D eigenvalue weighted by Crippen LogP contribution is -2.09. The van der Waals surface area contributed by atoms with Crippen molar-refractivity contribution in [1.29, 1.82) is 0 Å². The van der Waals surface area contributed by atoms with E-state index in [0.717, 1.165) is 28.5 Å². The first-order chi connectivity index (χ1) is 19.2. The smallest absolute Gasteiger partial charge is 0.0462 e. The molecule has 0 atom stereocenters. The lowest BCUT2D eigenvalue weighted by Gasteiger charge is -2.26. The molecular formula is C37H26ClN. The third-order valence-corrected chi connectivity index (χ3v) is 7.86. The van der Waals surface area contributed by atoms with Gasteiger partial charge >= 0.3 is 0 Å². The van der Waals surface area contributed by atoms with Gasteiger partial charge in [0.25, 0.3) is 0 Å². The van der Waals surface area contributed by atoms with Crippen molar-refractivity contribution >= 4 is 28.7 Å². The summed E-state index contributed by atoms with van der Waals surface area (Å²) in [7, 11) is 0. The fourth-order valence-electron chi connectivity index (χ4n) is 5.69. The highest BCUT2D eigenvalue weighted by Crippen LogP contribution is 2.42. The van der Waals surface area contributed by atoms with Crippen molar-refractivity contribution in [2.24, 2.45) is 0 Å².